The third kappa shape index (κ3) is 4.78. The topological polar surface area (TPSA) is 113 Å². The molecule has 3 rings (SSSR count). The van der Waals surface area contributed by atoms with Crippen molar-refractivity contribution in [3.05, 3.63) is 31.5 Å². The van der Waals surface area contributed by atoms with E-state index in [0.29, 0.717) is 12.7 Å². The van der Waals surface area contributed by atoms with Gasteiger partial charge in [-0.05, 0) is 12.3 Å². The first-order chi connectivity index (χ1) is 9.45. The Hall–Kier alpha value is -1.67. The number of hydrogen-bond donors (Lipinski definition) is 2. The summed E-state index contributed by atoms with van der Waals surface area (Å²) in [5, 5.41) is 0. The van der Waals surface area contributed by atoms with E-state index >= 15 is 0 Å². The predicted molar refractivity (Wildman–Crippen MR) is 70.9 cm³/mol. The molecule has 0 saturated carbocycles. The molecule has 0 bridgehead atoms. The minimum absolute atomic E-state index is 0.0790. The molecule has 8 nitrogen and oxygen atoms in total. The van der Waals surface area contributed by atoms with Crippen molar-refractivity contribution in [3.8, 4) is 0 Å². The van der Waals surface area contributed by atoms with Gasteiger partial charge in [-0.25, -0.2) is 19.0 Å². The van der Waals surface area contributed by atoms with E-state index in [0.717, 1.165) is 17.1 Å². The molecule has 2 unspecified atom stereocenters. The molecule has 112 valence electrons. The smallest absolute Gasteiger partial charge is 0.333 e. The molecule has 2 aliphatic rings. The lowest BCUT2D eigenvalue weighted by Crippen LogP contribution is -2.44. The maximum atomic E-state index is 11.1. The van der Waals surface area contributed by atoms with Crippen molar-refractivity contribution in [3.63, 3.8) is 0 Å². The molecule has 3 heterocycles. The summed E-state index contributed by atoms with van der Waals surface area (Å²) in [7, 11) is 0. The van der Waals surface area contributed by atoms with Crippen molar-refractivity contribution in [2.45, 2.75) is 39.0 Å². The van der Waals surface area contributed by atoms with Crippen LogP contribution in [0.3, 0.4) is 0 Å². The summed E-state index contributed by atoms with van der Waals surface area (Å²) < 4.78 is 10.8. The second kappa shape index (κ2) is 6.19. The van der Waals surface area contributed by atoms with Crippen LogP contribution in [0, 0.1) is 5.92 Å². The Morgan fingerprint density at radius 2 is 1.60 bits per heavy atom. The van der Waals surface area contributed by atoms with E-state index in [-0.39, 0.29) is 12.6 Å². The molecule has 2 N–H and O–H groups in total. The normalized spacial score (nSPS) is 23.1. The highest BCUT2D eigenvalue weighted by molar-refractivity contribution is 4.75. The third-order valence-electron chi connectivity index (χ3n) is 2.86. The summed E-state index contributed by atoms with van der Waals surface area (Å²) in [6, 6.07) is 0. The van der Waals surface area contributed by atoms with E-state index in [2.05, 4.69) is 13.8 Å². The fourth-order valence-corrected chi connectivity index (χ4v) is 1.73. The zero-order valence-electron chi connectivity index (χ0n) is 11.5. The summed E-state index contributed by atoms with van der Waals surface area (Å²) in [6.07, 6.45) is 1.80. The van der Waals surface area contributed by atoms with Crippen LogP contribution in [0.15, 0.2) is 14.4 Å². The van der Waals surface area contributed by atoms with Crippen molar-refractivity contribution in [1.29, 1.82) is 0 Å². The van der Waals surface area contributed by atoms with E-state index in [1.54, 1.807) is 0 Å². The van der Waals surface area contributed by atoms with Crippen LogP contribution in [-0.2, 0) is 16.0 Å². The first kappa shape index (κ1) is 14.7. The fourth-order valence-electron chi connectivity index (χ4n) is 1.73. The highest BCUT2D eigenvalue weighted by Crippen LogP contribution is 2.17. The number of H-pyrrole nitrogens is 2. The van der Waals surface area contributed by atoms with E-state index in [1.807, 2.05) is 9.97 Å². The molecule has 1 aromatic rings. The average molecular weight is 285 g/mol. The van der Waals surface area contributed by atoms with Gasteiger partial charge < -0.3 is 9.47 Å². The second-order valence-electron chi connectivity index (χ2n) is 5.34. The van der Waals surface area contributed by atoms with Crippen LogP contribution in [0.5, 0.6) is 0 Å². The third-order valence-corrected chi connectivity index (χ3v) is 2.86. The summed E-state index contributed by atoms with van der Waals surface area (Å²) in [4.78, 5) is 36.6. The van der Waals surface area contributed by atoms with Crippen molar-refractivity contribution in [1.82, 2.24) is 14.5 Å². The van der Waals surface area contributed by atoms with E-state index < -0.39 is 17.1 Å². The summed E-state index contributed by atoms with van der Waals surface area (Å²) >= 11 is 0. The number of nitrogens with one attached hydrogen (secondary N) is 2. The first-order valence-corrected chi connectivity index (χ1v) is 6.62. The Bertz CT molecular complexity index is 572. The number of aromatic amines is 2. The monoisotopic (exact) mass is 285 g/mol. The van der Waals surface area contributed by atoms with Gasteiger partial charge in [0.15, 0.2) is 0 Å². The van der Waals surface area contributed by atoms with Gasteiger partial charge in [0.25, 0.3) is 0 Å². The molecule has 0 radical (unpaired) electrons. The van der Waals surface area contributed by atoms with Gasteiger partial charge >= 0.3 is 17.1 Å². The maximum Gasteiger partial charge on any atom is 0.333 e. The van der Waals surface area contributed by atoms with Gasteiger partial charge in [-0.15, -0.1) is 0 Å². The Morgan fingerprint density at radius 1 is 1.10 bits per heavy atom. The largest absolute Gasteiger partial charge is 0.373 e. The van der Waals surface area contributed by atoms with Gasteiger partial charge in [-0.3, -0.25) is 9.97 Å². The van der Waals surface area contributed by atoms with Gasteiger partial charge in [-0.1, -0.05) is 13.8 Å². The summed E-state index contributed by atoms with van der Waals surface area (Å²) in [5.74, 6) is 0.812. The molecular formula is C12H19N3O5. The predicted octanol–water partition coefficient (Wildman–Crippen LogP) is -0.945. The number of nitrogens with zero attached hydrogens (tertiary/aromatic N) is 1. The number of rotatable bonds is 4. The lowest BCUT2D eigenvalue weighted by atomic mass is 10.1. The Kier molecular flexibility index (Phi) is 4.56. The molecule has 2 fully saturated rings. The molecule has 2 atom stereocenters. The molecule has 2 saturated heterocycles. The van der Waals surface area contributed by atoms with Gasteiger partial charge in [0.05, 0.1) is 32.0 Å². The van der Waals surface area contributed by atoms with Crippen molar-refractivity contribution in [2.24, 2.45) is 5.92 Å². The van der Waals surface area contributed by atoms with Gasteiger partial charge in [0.1, 0.15) is 0 Å². The van der Waals surface area contributed by atoms with E-state index in [4.69, 9.17) is 9.47 Å². The SMILES string of the molecule is CC(C)CC1CO1.O=c1[nH]c(=O)n(CC2CO2)c(=O)[nH]1. The standard InChI is InChI=1S/C6H7N3O4.C6H12O/c10-4-7-5(11)9(6(12)8-4)1-3-2-13-3;1-5(2)3-6-4-7-6/h3H,1-2H2,(H2,7,8,10,11,12);5-6H,3-4H2,1-2H3. The van der Waals surface area contributed by atoms with Crippen molar-refractivity contribution >= 4 is 0 Å². The van der Waals surface area contributed by atoms with Crippen molar-refractivity contribution in [2.75, 3.05) is 13.2 Å². The zero-order valence-corrected chi connectivity index (χ0v) is 11.5. The Labute approximate surface area is 114 Å². The quantitative estimate of drug-likeness (QED) is 0.693. The van der Waals surface area contributed by atoms with Crippen LogP contribution in [-0.4, -0.2) is 40.0 Å². The maximum absolute atomic E-state index is 11.1. The van der Waals surface area contributed by atoms with Gasteiger partial charge in [-0.2, -0.15) is 0 Å². The minimum atomic E-state index is -0.789. The summed E-state index contributed by atoms with van der Waals surface area (Å²) in [6.45, 7) is 6.19. The van der Waals surface area contributed by atoms with Gasteiger partial charge in [0, 0.05) is 0 Å². The number of hydrogen-bond acceptors (Lipinski definition) is 5. The highest BCUT2D eigenvalue weighted by Gasteiger charge is 2.24. The first-order valence-electron chi connectivity index (χ1n) is 6.62. The van der Waals surface area contributed by atoms with Crippen LogP contribution in [0.1, 0.15) is 20.3 Å². The van der Waals surface area contributed by atoms with Crippen LogP contribution in [0.2, 0.25) is 0 Å². The molecule has 0 amide bonds. The van der Waals surface area contributed by atoms with Crippen LogP contribution in [0.25, 0.3) is 0 Å². The lowest BCUT2D eigenvalue weighted by Gasteiger charge is -1.97. The molecule has 0 spiro atoms. The molecule has 20 heavy (non-hydrogen) atoms. The lowest BCUT2D eigenvalue weighted by molar-refractivity contribution is 0.370. The Balaban J connectivity index is 0.000000178. The van der Waals surface area contributed by atoms with Crippen molar-refractivity contribution < 1.29 is 9.47 Å². The van der Waals surface area contributed by atoms with Gasteiger partial charge in [0.2, 0.25) is 0 Å². The Morgan fingerprint density at radius 3 is 1.95 bits per heavy atom. The van der Waals surface area contributed by atoms with E-state index in [1.165, 1.54) is 6.42 Å². The summed E-state index contributed by atoms with van der Waals surface area (Å²) in [5.41, 5.74) is -2.20. The molecule has 2 aliphatic heterocycles. The molecule has 8 heteroatoms. The van der Waals surface area contributed by atoms with Crippen LogP contribution >= 0.6 is 0 Å². The number of aromatic nitrogens is 3. The number of ether oxygens (including phenoxy) is 2. The van der Waals surface area contributed by atoms with E-state index in [9.17, 15) is 14.4 Å². The minimum Gasteiger partial charge on any atom is -0.373 e. The highest BCUT2D eigenvalue weighted by atomic mass is 16.6. The van der Waals surface area contributed by atoms with Crippen LogP contribution in [0.4, 0.5) is 0 Å². The zero-order chi connectivity index (χ0) is 14.7. The average Bonchev–Trinajstić information content (AvgIpc) is 3.18. The van der Waals surface area contributed by atoms with Crippen LogP contribution < -0.4 is 17.1 Å². The fraction of sp³-hybridized carbons (Fsp3) is 0.750. The second-order valence-corrected chi connectivity index (χ2v) is 5.34. The molecule has 0 aliphatic carbocycles. The molecule has 0 aromatic carbocycles. The molecular weight excluding hydrogens is 266 g/mol. The number of epoxide rings is 2. The molecule has 1 aromatic heterocycles.